The molecule has 0 spiro atoms. The van der Waals surface area contributed by atoms with Gasteiger partial charge in [-0.15, -0.1) is 0 Å². The molecule has 0 aliphatic heterocycles. The van der Waals surface area contributed by atoms with Crippen molar-refractivity contribution >= 4 is 11.8 Å². The lowest BCUT2D eigenvalue weighted by Gasteiger charge is -2.15. The number of para-hydroxylation sites is 2. The van der Waals surface area contributed by atoms with E-state index in [1.165, 1.54) is 25.1 Å². The van der Waals surface area contributed by atoms with Crippen LogP contribution in [0.25, 0.3) is 0 Å². The molecule has 26 heavy (non-hydrogen) atoms. The first-order valence-electron chi connectivity index (χ1n) is 8.15. The first-order valence-corrected chi connectivity index (χ1v) is 8.15. The summed E-state index contributed by atoms with van der Waals surface area (Å²) < 4.78 is 24.2. The van der Waals surface area contributed by atoms with Gasteiger partial charge < -0.3 is 9.47 Å². The highest BCUT2D eigenvalue weighted by Crippen LogP contribution is 2.17. The Morgan fingerprint density at radius 1 is 1.04 bits per heavy atom. The van der Waals surface area contributed by atoms with Crippen molar-refractivity contribution < 1.29 is 23.5 Å². The lowest BCUT2D eigenvalue weighted by atomic mass is 10.2. The second kappa shape index (κ2) is 9.41. The average molecular weight is 360 g/mol. The monoisotopic (exact) mass is 360 g/mol. The van der Waals surface area contributed by atoms with Crippen molar-refractivity contribution in [2.75, 3.05) is 6.61 Å². The van der Waals surface area contributed by atoms with Crippen LogP contribution in [-0.2, 0) is 9.59 Å². The number of rotatable bonds is 7. The van der Waals surface area contributed by atoms with Crippen LogP contribution in [0.2, 0.25) is 0 Å². The van der Waals surface area contributed by atoms with Crippen LogP contribution in [0.3, 0.4) is 0 Å². The van der Waals surface area contributed by atoms with Crippen LogP contribution < -0.4 is 20.3 Å². The number of carbonyl (C=O) groups excluding carboxylic acids is 2. The van der Waals surface area contributed by atoms with Crippen LogP contribution in [-0.4, -0.2) is 24.5 Å². The van der Waals surface area contributed by atoms with Gasteiger partial charge >= 0.3 is 0 Å². The molecule has 2 N–H and O–H groups in total. The maximum absolute atomic E-state index is 13.5. The zero-order valence-electron chi connectivity index (χ0n) is 14.6. The number of amides is 2. The van der Waals surface area contributed by atoms with E-state index in [2.05, 4.69) is 10.9 Å². The van der Waals surface area contributed by atoms with Gasteiger partial charge in [0.1, 0.15) is 5.75 Å². The van der Waals surface area contributed by atoms with Crippen molar-refractivity contribution in [1.82, 2.24) is 10.9 Å². The first kappa shape index (κ1) is 19.2. The van der Waals surface area contributed by atoms with Crippen molar-refractivity contribution in [3.05, 3.63) is 59.9 Å². The lowest BCUT2D eigenvalue weighted by Crippen LogP contribution is -2.47. The molecule has 6 nitrogen and oxygen atoms in total. The lowest BCUT2D eigenvalue weighted by molar-refractivity contribution is -0.133. The summed E-state index contributed by atoms with van der Waals surface area (Å²) >= 11 is 0. The van der Waals surface area contributed by atoms with Crippen molar-refractivity contribution in [2.45, 2.75) is 26.4 Å². The Kier molecular flexibility index (Phi) is 6.96. The fourth-order valence-electron chi connectivity index (χ4n) is 2.05. The van der Waals surface area contributed by atoms with E-state index in [1.54, 1.807) is 6.07 Å². The number of carbonyl (C=O) groups is 2. The van der Waals surface area contributed by atoms with Crippen molar-refractivity contribution in [1.29, 1.82) is 0 Å². The molecule has 0 aliphatic rings. The summed E-state index contributed by atoms with van der Waals surface area (Å²) in [6.45, 7) is 3.54. The van der Waals surface area contributed by atoms with Crippen molar-refractivity contribution in [3.63, 3.8) is 0 Å². The van der Waals surface area contributed by atoms with Crippen LogP contribution in [0.1, 0.15) is 18.9 Å². The van der Waals surface area contributed by atoms with Gasteiger partial charge in [0, 0.05) is 0 Å². The molecule has 7 heteroatoms. The summed E-state index contributed by atoms with van der Waals surface area (Å²) in [4.78, 5) is 23.6. The minimum atomic E-state index is -0.976. The largest absolute Gasteiger partial charge is 0.493 e. The fourth-order valence-corrected chi connectivity index (χ4v) is 2.05. The molecule has 138 valence electrons. The highest BCUT2D eigenvalue weighted by molar-refractivity contribution is 5.84. The Morgan fingerprint density at radius 2 is 1.69 bits per heavy atom. The Morgan fingerprint density at radius 3 is 2.38 bits per heavy atom. The normalized spacial score (nSPS) is 11.3. The van der Waals surface area contributed by atoms with Gasteiger partial charge in [-0.3, -0.25) is 20.4 Å². The topological polar surface area (TPSA) is 76.7 Å². The van der Waals surface area contributed by atoms with Crippen LogP contribution in [0.5, 0.6) is 11.5 Å². The number of halogens is 1. The zero-order valence-corrected chi connectivity index (χ0v) is 14.6. The molecule has 1 atom stereocenters. The molecule has 2 aromatic rings. The number of hydrogen-bond acceptors (Lipinski definition) is 4. The van der Waals surface area contributed by atoms with Gasteiger partial charge in [-0.2, -0.15) is 0 Å². The highest BCUT2D eigenvalue weighted by atomic mass is 19.1. The Hall–Kier alpha value is -3.09. The fraction of sp³-hybridized carbons (Fsp3) is 0.263. The van der Waals surface area contributed by atoms with E-state index in [1.807, 2.05) is 31.2 Å². The van der Waals surface area contributed by atoms with E-state index >= 15 is 0 Å². The third-order valence-electron chi connectivity index (χ3n) is 3.52. The van der Waals surface area contributed by atoms with Gasteiger partial charge in [-0.25, -0.2) is 4.39 Å². The summed E-state index contributed by atoms with van der Waals surface area (Å²) in [6.07, 6.45) is -0.910. The SMILES string of the molecule is Cc1ccccc1OCCC(=O)NNC(=O)C(C)Oc1ccccc1F. The van der Waals surface area contributed by atoms with Gasteiger partial charge in [0.05, 0.1) is 13.0 Å². The number of ether oxygens (including phenoxy) is 2. The molecule has 2 aromatic carbocycles. The maximum Gasteiger partial charge on any atom is 0.279 e. The van der Waals surface area contributed by atoms with Crippen LogP contribution >= 0.6 is 0 Å². The van der Waals surface area contributed by atoms with Gasteiger partial charge in [0.25, 0.3) is 5.91 Å². The predicted molar refractivity (Wildman–Crippen MR) is 94.1 cm³/mol. The second-order valence-electron chi connectivity index (χ2n) is 5.59. The summed E-state index contributed by atoms with van der Waals surface area (Å²) in [5.41, 5.74) is 5.49. The number of hydrazine groups is 1. The molecular weight excluding hydrogens is 339 g/mol. The summed E-state index contributed by atoms with van der Waals surface area (Å²) in [5.74, 6) is -0.902. The van der Waals surface area contributed by atoms with E-state index < -0.39 is 23.7 Å². The van der Waals surface area contributed by atoms with E-state index in [0.29, 0.717) is 5.75 Å². The van der Waals surface area contributed by atoms with Crippen LogP contribution in [0.4, 0.5) is 4.39 Å². The molecule has 0 bridgehead atoms. The summed E-state index contributed by atoms with van der Waals surface area (Å²) in [7, 11) is 0. The Bertz CT molecular complexity index is 767. The Labute approximate surface area is 151 Å². The van der Waals surface area contributed by atoms with Crippen molar-refractivity contribution in [3.8, 4) is 11.5 Å². The minimum absolute atomic E-state index is 0.0342. The molecule has 0 aromatic heterocycles. The number of hydrogen-bond donors (Lipinski definition) is 2. The van der Waals surface area contributed by atoms with Gasteiger partial charge in [-0.1, -0.05) is 30.3 Å². The van der Waals surface area contributed by atoms with Gasteiger partial charge in [-0.05, 0) is 37.6 Å². The minimum Gasteiger partial charge on any atom is -0.493 e. The molecule has 0 saturated carbocycles. The summed E-state index contributed by atoms with van der Waals surface area (Å²) in [5, 5.41) is 0. The smallest absolute Gasteiger partial charge is 0.279 e. The van der Waals surface area contributed by atoms with Gasteiger partial charge in [0.15, 0.2) is 17.7 Å². The first-order chi connectivity index (χ1) is 12.5. The van der Waals surface area contributed by atoms with E-state index in [0.717, 1.165) is 5.56 Å². The molecule has 0 radical (unpaired) electrons. The highest BCUT2D eigenvalue weighted by Gasteiger charge is 2.17. The van der Waals surface area contributed by atoms with E-state index in [4.69, 9.17) is 9.47 Å². The third-order valence-corrected chi connectivity index (χ3v) is 3.52. The molecule has 2 amide bonds. The second-order valence-corrected chi connectivity index (χ2v) is 5.59. The zero-order chi connectivity index (χ0) is 18.9. The quantitative estimate of drug-likeness (QED) is 0.744. The molecular formula is C19H21FN2O4. The Balaban J connectivity index is 1.70. The third kappa shape index (κ3) is 5.77. The van der Waals surface area contributed by atoms with Crippen LogP contribution in [0.15, 0.2) is 48.5 Å². The number of benzene rings is 2. The maximum atomic E-state index is 13.5. The number of nitrogens with one attached hydrogen (secondary N) is 2. The van der Waals surface area contributed by atoms with Crippen LogP contribution in [0, 0.1) is 12.7 Å². The van der Waals surface area contributed by atoms with E-state index in [9.17, 15) is 14.0 Å². The molecule has 1 unspecified atom stereocenters. The predicted octanol–water partition coefficient (Wildman–Crippen LogP) is 2.52. The molecule has 0 heterocycles. The molecule has 0 aliphatic carbocycles. The molecule has 0 fully saturated rings. The average Bonchev–Trinajstić information content (AvgIpc) is 2.63. The molecule has 2 rings (SSSR count). The number of aryl methyl sites for hydroxylation is 1. The standard InChI is InChI=1S/C19H21FN2O4/c1-13-7-3-5-9-16(13)25-12-11-18(23)21-22-19(24)14(2)26-17-10-6-4-8-15(17)20/h3-10,14H,11-12H2,1-2H3,(H,21,23)(H,22,24). The van der Waals surface area contributed by atoms with E-state index in [-0.39, 0.29) is 18.8 Å². The molecule has 0 saturated heterocycles. The van der Waals surface area contributed by atoms with Gasteiger partial charge in [0.2, 0.25) is 5.91 Å². The van der Waals surface area contributed by atoms with Crippen molar-refractivity contribution in [2.24, 2.45) is 0 Å². The summed E-state index contributed by atoms with van der Waals surface area (Å²) in [6, 6.07) is 13.2.